The predicted octanol–water partition coefficient (Wildman–Crippen LogP) is -3.47. The molecule has 0 radical (unpaired) electrons. The van der Waals surface area contributed by atoms with Crippen LogP contribution in [0.25, 0.3) is 0 Å². The van der Waals surface area contributed by atoms with E-state index in [1.807, 2.05) is 0 Å². The van der Waals surface area contributed by atoms with Gasteiger partial charge in [-0.25, -0.2) is 0 Å². The highest BCUT2D eigenvalue weighted by molar-refractivity contribution is 6.30. The van der Waals surface area contributed by atoms with Gasteiger partial charge < -0.3 is 31.4 Å². The Morgan fingerprint density at radius 1 is 0.929 bits per heavy atom. The zero-order valence-electron chi connectivity index (χ0n) is 7.67. The number of nitrogens with one attached hydrogen (secondary N) is 1. The van der Waals surface area contributed by atoms with E-state index in [-0.39, 0.29) is 32.6 Å². The van der Waals surface area contributed by atoms with Gasteiger partial charge in [0.15, 0.2) is 0 Å². The molecule has 0 bridgehead atoms. The third-order valence-corrected chi connectivity index (χ3v) is 0.505. The molecule has 0 aromatic heterocycles. The molecule has 0 aliphatic heterocycles. The van der Waals surface area contributed by atoms with Crippen LogP contribution in [-0.4, -0.2) is 59.0 Å². The van der Waals surface area contributed by atoms with Crippen molar-refractivity contribution in [2.75, 3.05) is 26.4 Å². The van der Waals surface area contributed by atoms with Crippen LogP contribution in [0.2, 0.25) is 0 Å². The van der Waals surface area contributed by atoms with Crippen molar-refractivity contribution in [1.29, 1.82) is 0 Å². The molecular weight excluding hydrogens is 199 g/mol. The molecule has 0 aromatic rings. The molecule has 0 aliphatic carbocycles. The largest absolute Gasteiger partial charge is 0.631 e. The van der Waals surface area contributed by atoms with E-state index in [1.54, 1.807) is 0 Å². The van der Waals surface area contributed by atoms with Crippen LogP contribution >= 0.6 is 0 Å². The van der Waals surface area contributed by atoms with Crippen molar-refractivity contribution in [3.8, 4) is 0 Å². The topological polar surface area (TPSA) is 167 Å². The van der Waals surface area contributed by atoms with Crippen molar-refractivity contribution < 1.29 is 35.0 Å². The van der Waals surface area contributed by atoms with Crippen molar-refractivity contribution in [2.45, 2.75) is 0 Å². The first kappa shape index (κ1) is 19.3. The van der Waals surface area contributed by atoms with Crippen LogP contribution in [0.5, 0.6) is 0 Å². The van der Waals surface area contributed by atoms with Crippen LogP contribution in [0, 0.1) is 0 Å². The summed E-state index contributed by atoms with van der Waals surface area (Å²) in [6, 6.07) is 0. The van der Waals surface area contributed by atoms with Crippen LogP contribution in [0.1, 0.15) is 0 Å². The van der Waals surface area contributed by atoms with Gasteiger partial charge in [-0.15, -0.1) is 0 Å². The molecule has 0 aromatic carbocycles. The lowest BCUT2D eigenvalue weighted by molar-refractivity contribution is -0.178. The summed E-state index contributed by atoms with van der Waals surface area (Å²) in [5.41, 5.74) is 2.07. The third kappa shape index (κ3) is 41.2. The first-order valence-electron chi connectivity index (χ1n) is 3.39. The molecule has 0 spiro atoms. The highest BCUT2D eigenvalue weighted by Gasteiger charge is 1.92. The average Bonchev–Trinajstić information content (AvgIpc) is 2.03. The van der Waals surface area contributed by atoms with E-state index >= 15 is 0 Å². The Kier molecular flexibility index (Phi) is 25.5. The van der Waals surface area contributed by atoms with Crippen LogP contribution in [0.4, 0.5) is 0 Å². The lowest BCUT2D eigenvalue weighted by Gasteiger charge is -2.01. The number of hydrogen-bond acceptors (Lipinski definition) is 9. The van der Waals surface area contributed by atoms with Crippen molar-refractivity contribution >= 4 is 7.32 Å². The predicted molar refractivity (Wildman–Crippen MR) is 46.6 cm³/mol. The summed E-state index contributed by atoms with van der Waals surface area (Å²) in [6.07, 6.45) is 0. The lowest BCUT2D eigenvalue weighted by atomic mass is 10.3. The smallest absolute Gasteiger partial charge is 0.402 e. The molecular formula is C4H17BN2O7. The molecule has 10 heteroatoms. The summed E-state index contributed by atoms with van der Waals surface area (Å²) in [4.78, 5) is 8.90. The van der Waals surface area contributed by atoms with E-state index in [2.05, 4.69) is 15.3 Å². The molecule has 0 unspecified atom stereocenters. The van der Waals surface area contributed by atoms with E-state index in [9.17, 15) is 0 Å². The van der Waals surface area contributed by atoms with E-state index < -0.39 is 7.32 Å². The minimum Gasteiger partial charge on any atom is -0.402 e. The zero-order chi connectivity index (χ0) is 10.5. The Hall–Kier alpha value is -0.295. The second-order valence-corrected chi connectivity index (χ2v) is 1.57. The molecule has 0 atom stereocenters. The van der Waals surface area contributed by atoms with Gasteiger partial charge >= 0.3 is 7.32 Å². The summed E-state index contributed by atoms with van der Waals surface area (Å²) >= 11 is 0. The fourth-order valence-corrected chi connectivity index (χ4v) is 0.216. The summed E-state index contributed by atoms with van der Waals surface area (Å²) in [7, 11) is -2.17. The van der Waals surface area contributed by atoms with Gasteiger partial charge in [-0.05, 0) is 0 Å². The van der Waals surface area contributed by atoms with Gasteiger partial charge in [-0.2, -0.15) is 0 Å². The monoisotopic (exact) mass is 216 g/mol. The molecule has 0 rings (SSSR count). The van der Waals surface area contributed by atoms with Crippen molar-refractivity contribution in [3.05, 3.63) is 0 Å². The standard InChI is InChI=1S/C4H11NO4.BH3O3.H3N/c6-1-3-8-5-9-4-2-7;2-1(3)4;/h5-7H,1-4H2;2-4H;1H3. The zero-order valence-corrected chi connectivity index (χ0v) is 7.67. The number of aliphatic hydroxyl groups excluding tert-OH is 2. The minimum atomic E-state index is -2.17. The maximum Gasteiger partial charge on any atom is 0.631 e. The molecule has 0 aliphatic rings. The van der Waals surface area contributed by atoms with Gasteiger partial charge in [0.25, 0.3) is 0 Å². The van der Waals surface area contributed by atoms with Crippen LogP contribution in [0.3, 0.4) is 0 Å². The fourth-order valence-electron chi connectivity index (χ4n) is 0.216. The summed E-state index contributed by atoms with van der Waals surface area (Å²) < 4.78 is 0. The number of rotatable bonds is 6. The second-order valence-electron chi connectivity index (χ2n) is 1.57. The highest BCUT2D eigenvalue weighted by atomic mass is 16.9. The van der Waals surface area contributed by atoms with Crippen LogP contribution in [-0.2, 0) is 9.68 Å². The number of hydrogen-bond donors (Lipinski definition) is 7. The maximum absolute atomic E-state index is 8.15. The van der Waals surface area contributed by atoms with Crippen molar-refractivity contribution in [1.82, 2.24) is 11.8 Å². The summed E-state index contributed by atoms with van der Waals surface area (Å²) in [5.74, 6) is 0. The highest BCUT2D eigenvalue weighted by Crippen LogP contribution is 1.67. The van der Waals surface area contributed by atoms with Gasteiger partial charge in [0.05, 0.1) is 26.4 Å². The lowest BCUT2D eigenvalue weighted by Crippen LogP contribution is -2.19. The third-order valence-electron chi connectivity index (χ3n) is 0.505. The molecule has 0 saturated heterocycles. The number of aliphatic hydroxyl groups is 2. The van der Waals surface area contributed by atoms with E-state index in [0.29, 0.717) is 0 Å². The average molecular weight is 216 g/mol. The molecule has 9 nitrogen and oxygen atoms in total. The van der Waals surface area contributed by atoms with Crippen molar-refractivity contribution in [2.24, 2.45) is 0 Å². The van der Waals surface area contributed by atoms with Gasteiger partial charge in [-0.1, -0.05) is 5.64 Å². The summed E-state index contributed by atoms with van der Waals surface area (Å²) in [6.45, 7) is 0.224. The molecule has 0 heterocycles. The Bertz CT molecular complexity index is 79.3. The quantitative estimate of drug-likeness (QED) is 0.135. The molecule has 0 amide bonds. The second kappa shape index (κ2) is 18.5. The molecule has 0 saturated carbocycles. The fraction of sp³-hybridized carbons (Fsp3) is 1.00. The molecule has 9 N–H and O–H groups in total. The normalized spacial score (nSPS) is 8.36. The van der Waals surface area contributed by atoms with E-state index in [0.717, 1.165) is 0 Å². The first-order chi connectivity index (χ1) is 6.15. The van der Waals surface area contributed by atoms with Crippen LogP contribution < -0.4 is 11.8 Å². The Labute approximate surface area is 81.6 Å². The van der Waals surface area contributed by atoms with Crippen molar-refractivity contribution in [3.63, 3.8) is 0 Å². The summed E-state index contributed by atoms with van der Waals surface area (Å²) in [5, 5.41) is 37.8. The Morgan fingerprint density at radius 2 is 1.21 bits per heavy atom. The SMILES string of the molecule is N.OB(O)O.OCCONOCCO. The minimum absolute atomic E-state index is 0. The molecule has 0 fully saturated rings. The van der Waals surface area contributed by atoms with Crippen LogP contribution in [0.15, 0.2) is 0 Å². The van der Waals surface area contributed by atoms with Gasteiger partial charge in [0.1, 0.15) is 0 Å². The van der Waals surface area contributed by atoms with Gasteiger partial charge in [-0.3, -0.25) is 9.68 Å². The maximum atomic E-state index is 8.15. The van der Waals surface area contributed by atoms with Gasteiger partial charge in [0, 0.05) is 0 Å². The van der Waals surface area contributed by atoms with E-state index in [1.165, 1.54) is 0 Å². The van der Waals surface area contributed by atoms with E-state index in [4.69, 9.17) is 25.3 Å². The molecule has 14 heavy (non-hydrogen) atoms. The Morgan fingerprint density at radius 3 is 1.43 bits per heavy atom. The Balaban J connectivity index is -0.000000209. The first-order valence-corrected chi connectivity index (χ1v) is 3.39. The molecule has 88 valence electrons. The van der Waals surface area contributed by atoms with Gasteiger partial charge in [0.2, 0.25) is 0 Å².